The van der Waals surface area contributed by atoms with Crippen molar-refractivity contribution in [2.45, 2.75) is 33.3 Å². The Kier molecular flexibility index (Phi) is 5.53. The van der Waals surface area contributed by atoms with Crippen LogP contribution in [0.4, 0.5) is 0 Å². The third kappa shape index (κ3) is 4.83. The van der Waals surface area contributed by atoms with E-state index in [-0.39, 0.29) is 24.9 Å². The van der Waals surface area contributed by atoms with Gasteiger partial charge in [-0.05, 0) is 19.9 Å². The Morgan fingerprint density at radius 1 is 1.50 bits per heavy atom. The Hall–Kier alpha value is -1.59. The molecule has 0 aromatic carbocycles. The van der Waals surface area contributed by atoms with Crippen LogP contribution in [0.2, 0.25) is 0 Å². The Bertz CT molecular complexity index is 454. The average Bonchev–Trinajstić information content (AvgIpc) is 2.37. The van der Waals surface area contributed by atoms with Crippen molar-refractivity contribution in [1.29, 1.82) is 0 Å². The predicted octanol–water partition coefficient (Wildman–Crippen LogP) is 1.21. The zero-order valence-electron chi connectivity index (χ0n) is 12.6. The zero-order valence-corrected chi connectivity index (χ0v) is 12.6. The van der Waals surface area contributed by atoms with Crippen LogP contribution in [0, 0.1) is 5.92 Å². The van der Waals surface area contributed by atoms with Crippen LogP contribution in [0.5, 0.6) is 0 Å². The van der Waals surface area contributed by atoms with Gasteiger partial charge in [0.05, 0.1) is 5.60 Å². The molecule has 5 nitrogen and oxygen atoms in total. The number of Topliss-reactive ketones (excluding diaryl/α,β-unsaturated/α-hetero) is 1. The molecule has 4 N–H and O–H groups in total. The summed E-state index contributed by atoms with van der Waals surface area (Å²) in [5.41, 5.74) is 5.97. The lowest BCUT2D eigenvalue weighted by Gasteiger charge is -2.21. The number of dihydropyridines is 1. The first-order valence-corrected chi connectivity index (χ1v) is 6.72. The van der Waals surface area contributed by atoms with Gasteiger partial charge in [-0.25, -0.2) is 0 Å². The van der Waals surface area contributed by atoms with Crippen molar-refractivity contribution in [2.24, 2.45) is 11.7 Å². The molecule has 112 valence electrons. The number of carbonyl (C=O) groups excluding carboxylic acids is 1. The maximum absolute atomic E-state index is 12.1. The van der Waals surface area contributed by atoms with Gasteiger partial charge < -0.3 is 20.9 Å². The molecule has 1 heterocycles. The van der Waals surface area contributed by atoms with Crippen LogP contribution in [-0.4, -0.2) is 29.6 Å². The van der Waals surface area contributed by atoms with Gasteiger partial charge >= 0.3 is 0 Å². The smallest absolute Gasteiger partial charge is 0.164 e. The fraction of sp³-hybridized carbons (Fsp3) is 0.533. The molecule has 1 aliphatic rings. The number of hydrogen-bond donors (Lipinski definition) is 3. The van der Waals surface area contributed by atoms with Crippen LogP contribution < -0.4 is 11.1 Å². The van der Waals surface area contributed by atoms with E-state index < -0.39 is 5.60 Å². The maximum atomic E-state index is 12.1. The lowest BCUT2D eigenvalue weighted by atomic mass is 9.98. The summed E-state index contributed by atoms with van der Waals surface area (Å²) in [4.78, 5) is 12.1. The molecule has 0 spiro atoms. The van der Waals surface area contributed by atoms with Gasteiger partial charge in [-0.3, -0.25) is 4.79 Å². The second kappa shape index (κ2) is 6.72. The molecule has 0 unspecified atom stereocenters. The van der Waals surface area contributed by atoms with Crippen LogP contribution >= 0.6 is 0 Å². The second-order valence-corrected chi connectivity index (χ2v) is 5.74. The van der Waals surface area contributed by atoms with Crippen molar-refractivity contribution >= 4 is 5.78 Å². The number of aliphatic hydroxyl groups is 1. The molecule has 0 amide bonds. The van der Waals surface area contributed by atoms with Gasteiger partial charge in [0.15, 0.2) is 5.78 Å². The average molecular weight is 280 g/mol. The molecule has 0 aromatic rings. The Balaban J connectivity index is 2.93. The summed E-state index contributed by atoms with van der Waals surface area (Å²) in [6.45, 7) is 7.36. The standard InChI is InChI=1S/C15H24N2O3/c1-10(2)14(18)12(8-16)13-7-11(5-6-17-13)20-9-15(3,4)19/h5-7,10,17,19H,8-9,16H2,1-4H3/b13-12+. The third-order valence-electron chi connectivity index (χ3n) is 2.72. The molecule has 5 heteroatoms. The number of hydrogen-bond acceptors (Lipinski definition) is 5. The highest BCUT2D eigenvalue weighted by atomic mass is 16.5. The Morgan fingerprint density at radius 3 is 2.65 bits per heavy atom. The molecule has 0 saturated heterocycles. The van der Waals surface area contributed by atoms with Crippen LogP contribution in [0.3, 0.4) is 0 Å². The van der Waals surface area contributed by atoms with E-state index in [1.54, 1.807) is 32.2 Å². The highest BCUT2D eigenvalue weighted by Crippen LogP contribution is 2.17. The first kappa shape index (κ1) is 16.5. The molecule has 0 aromatic heterocycles. The number of rotatable bonds is 6. The summed E-state index contributed by atoms with van der Waals surface area (Å²) >= 11 is 0. The van der Waals surface area contributed by atoms with Gasteiger partial charge in [0.1, 0.15) is 12.4 Å². The van der Waals surface area contributed by atoms with E-state index in [0.29, 0.717) is 17.0 Å². The van der Waals surface area contributed by atoms with Crippen LogP contribution in [0.25, 0.3) is 0 Å². The molecule has 0 atom stereocenters. The first-order valence-electron chi connectivity index (χ1n) is 6.72. The topological polar surface area (TPSA) is 84.6 Å². The minimum Gasteiger partial charge on any atom is -0.490 e. The van der Waals surface area contributed by atoms with Crippen molar-refractivity contribution in [3.05, 3.63) is 35.4 Å². The SMILES string of the molecule is CC(C)C(=O)/C(CN)=C1\C=C(OCC(C)(C)O)C=CN1. The summed E-state index contributed by atoms with van der Waals surface area (Å²) < 4.78 is 5.51. The molecular formula is C15H24N2O3. The molecule has 0 fully saturated rings. The van der Waals surface area contributed by atoms with Gasteiger partial charge in [-0.15, -0.1) is 0 Å². The number of ether oxygens (including phenoxy) is 1. The summed E-state index contributed by atoms with van der Waals surface area (Å²) in [6.07, 6.45) is 5.16. The van der Waals surface area contributed by atoms with Crippen molar-refractivity contribution in [3.63, 3.8) is 0 Å². The summed E-state index contributed by atoms with van der Waals surface area (Å²) in [5, 5.41) is 12.7. The first-order chi connectivity index (χ1) is 9.24. The van der Waals surface area contributed by atoms with Crippen molar-refractivity contribution in [1.82, 2.24) is 5.32 Å². The number of nitrogens with two attached hydrogens (primary N) is 1. The van der Waals surface area contributed by atoms with Crippen LogP contribution in [0.15, 0.2) is 35.4 Å². The quantitative estimate of drug-likeness (QED) is 0.637. The molecule has 1 aliphatic heterocycles. The molecule has 1 rings (SSSR count). The van der Waals surface area contributed by atoms with E-state index >= 15 is 0 Å². The fourth-order valence-electron chi connectivity index (χ4n) is 1.66. The van der Waals surface area contributed by atoms with Crippen molar-refractivity contribution in [2.75, 3.05) is 13.2 Å². The van der Waals surface area contributed by atoms with E-state index in [4.69, 9.17) is 10.5 Å². The minimum absolute atomic E-state index is 0.0170. The van der Waals surface area contributed by atoms with Gasteiger partial charge in [-0.2, -0.15) is 0 Å². The highest BCUT2D eigenvalue weighted by Gasteiger charge is 2.19. The maximum Gasteiger partial charge on any atom is 0.164 e. The molecule has 0 saturated carbocycles. The van der Waals surface area contributed by atoms with E-state index in [1.807, 2.05) is 13.8 Å². The van der Waals surface area contributed by atoms with E-state index in [2.05, 4.69) is 5.32 Å². The normalized spacial score (nSPS) is 17.6. The zero-order chi connectivity index (χ0) is 15.3. The monoisotopic (exact) mass is 280 g/mol. The van der Waals surface area contributed by atoms with Crippen molar-refractivity contribution in [3.8, 4) is 0 Å². The largest absolute Gasteiger partial charge is 0.490 e. The number of ketones is 1. The van der Waals surface area contributed by atoms with Gasteiger partial charge in [-0.1, -0.05) is 13.8 Å². The minimum atomic E-state index is -0.909. The lowest BCUT2D eigenvalue weighted by Crippen LogP contribution is -2.27. The van der Waals surface area contributed by atoms with E-state index in [1.165, 1.54) is 0 Å². The summed E-state index contributed by atoms with van der Waals surface area (Å²) in [7, 11) is 0. The third-order valence-corrected chi connectivity index (χ3v) is 2.72. The molecule has 0 radical (unpaired) electrons. The Labute approximate surface area is 120 Å². The number of allylic oxidation sites excluding steroid dienone is 2. The van der Waals surface area contributed by atoms with Gasteiger partial charge in [0, 0.05) is 36.0 Å². The number of carbonyl (C=O) groups is 1. The number of nitrogens with one attached hydrogen (secondary N) is 1. The summed E-state index contributed by atoms with van der Waals surface area (Å²) in [6, 6.07) is 0. The highest BCUT2D eigenvalue weighted by molar-refractivity contribution is 5.98. The van der Waals surface area contributed by atoms with Gasteiger partial charge in [0.25, 0.3) is 0 Å². The fourth-order valence-corrected chi connectivity index (χ4v) is 1.66. The van der Waals surface area contributed by atoms with Crippen LogP contribution in [-0.2, 0) is 9.53 Å². The predicted molar refractivity (Wildman–Crippen MR) is 78.5 cm³/mol. The molecule has 0 bridgehead atoms. The molecule has 20 heavy (non-hydrogen) atoms. The van der Waals surface area contributed by atoms with Crippen LogP contribution in [0.1, 0.15) is 27.7 Å². The molecule has 0 aliphatic carbocycles. The van der Waals surface area contributed by atoms with E-state index in [9.17, 15) is 9.90 Å². The van der Waals surface area contributed by atoms with Gasteiger partial charge in [0.2, 0.25) is 0 Å². The second-order valence-electron chi connectivity index (χ2n) is 5.74. The lowest BCUT2D eigenvalue weighted by molar-refractivity contribution is -0.118. The molecular weight excluding hydrogens is 256 g/mol. The van der Waals surface area contributed by atoms with E-state index in [0.717, 1.165) is 0 Å². The summed E-state index contributed by atoms with van der Waals surface area (Å²) in [5.74, 6) is 0.495. The Morgan fingerprint density at radius 2 is 2.15 bits per heavy atom. The van der Waals surface area contributed by atoms with Crippen molar-refractivity contribution < 1.29 is 14.6 Å².